The SMILES string of the molecule is NC1CC12CC(NC(=O)c1ccc3c(c1)OCCNC3)C2. The summed E-state index contributed by atoms with van der Waals surface area (Å²) in [5.74, 6) is 0.814. The van der Waals surface area contributed by atoms with Crippen molar-refractivity contribution in [3.05, 3.63) is 29.3 Å². The Labute approximate surface area is 124 Å². The molecule has 0 bridgehead atoms. The average molecular weight is 287 g/mol. The Balaban J connectivity index is 1.41. The van der Waals surface area contributed by atoms with Crippen LogP contribution in [0.25, 0.3) is 0 Å². The maximum absolute atomic E-state index is 12.3. The van der Waals surface area contributed by atoms with Gasteiger partial charge in [-0.1, -0.05) is 6.07 Å². The van der Waals surface area contributed by atoms with Gasteiger partial charge in [0.05, 0.1) is 0 Å². The summed E-state index contributed by atoms with van der Waals surface area (Å²) in [4.78, 5) is 12.3. The molecule has 1 atom stereocenters. The van der Waals surface area contributed by atoms with Crippen LogP contribution in [0.2, 0.25) is 0 Å². The number of fused-ring (bicyclic) bond motifs is 1. The minimum absolute atomic E-state index is 0.00678. The van der Waals surface area contributed by atoms with Crippen LogP contribution in [-0.2, 0) is 6.54 Å². The number of nitrogens with one attached hydrogen (secondary N) is 2. The van der Waals surface area contributed by atoms with E-state index in [4.69, 9.17) is 10.5 Å². The van der Waals surface area contributed by atoms with Crippen LogP contribution in [0.1, 0.15) is 35.2 Å². The molecule has 1 heterocycles. The molecule has 1 aromatic carbocycles. The lowest BCUT2D eigenvalue weighted by Crippen LogP contribution is -2.47. The van der Waals surface area contributed by atoms with Gasteiger partial charge in [0.1, 0.15) is 12.4 Å². The van der Waals surface area contributed by atoms with Gasteiger partial charge in [0.2, 0.25) is 0 Å². The van der Waals surface area contributed by atoms with E-state index in [0.717, 1.165) is 43.7 Å². The highest BCUT2D eigenvalue weighted by molar-refractivity contribution is 5.95. The fraction of sp³-hybridized carbons (Fsp3) is 0.562. The van der Waals surface area contributed by atoms with Gasteiger partial charge in [-0.25, -0.2) is 0 Å². The van der Waals surface area contributed by atoms with Gasteiger partial charge in [-0.3, -0.25) is 4.79 Å². The first-order chi connectivity index (χ1) is 10.2. The minimum atomic E-state index is -0.00678. The molecule has 4 N–H and O–H groups in total. The Morgan fingerprint density at radius 2 is 2.19 bits per heavy atom. The number of nitrogens with two attached hydrogens (primary N) is 1. The predicted octanol–water partition coefficient (Wildman–Crippen LogP) is 0.778. The van der Waals surface area contributed by atoms with Crippen molar-refractivity contribution in [3.8, 4) is 5.75 Å². The molecule has 4 rings (SSSR count). The molecular weight excluding hydrogens is 266 g/mol. The molecule has 5 nitrogen and oxygen atoms in total. The molecule has 1 aliphatic heterocycles. The molecule has 2 fully saturated rings. The van der Waals surface area contributed by atoms with Crippen molar-refractivity contribution < 1.29 is 9.53 Å². The van der Waals surface area contributed by atoms with Crippen LogP contribution in [0.4, 0.5) is 0 Å². The zero-order valence-corrected chi connectivity index (χ0v) is 12.0. The van der Waals surface area contributed by atoms with Crippen LogP contribution >= 0.6 is 0 Å². The molecule has 2 aliphatic carbocycles. The highest BCUT2D eigenvalue weighted by Gasteiger charge is 2.60. The molecule has 0 saturated heterocycles. The summed E-state index contributed by atoms with van der Waals surface area (Å²) in [6.07, 6.45) is 3.19. The van der Waals surface area contributed by atoms with E-state index in [1.165, 1.54) is 0 Å². The van der Waals surface area contributed by atoms with Crippen LogP contribution in [0.15, 0.2) is 18.2 Å². The highest BCUT2D eigenvalue weighted by Crippen LogP contribution is 2.59. The molecule has 0 radical (unpaired) electrons. The third-order valence-electron chi connectivity index (χ3n) is 5.08. The maximum Gasteiger partial charge on any atom is 0.251 e. The van der Waals surface area contributed by atoms with Gasteiger partial charge in [0, 0.05) is 36.3 Å². The van der Waals surface area contributed by atoms with Gasteiger partial charge in [-0.2, -0.15) is 0 Å². The topological polar surface area (TPSA) is 76.4 Å². The number of rotatable bonds is 2. The van der Waals surface area contributed by atoms with Gasteiger partial charge in [-0.15, -0.1) is 0 Å². The van der Waals surface area contributed by atoms with Crippen molar-refractivity contribution in [2.45, 2.75) is 37.9 Å². The summed E-state index contributed by atoms with van der Waals surface area (Å²) in [7, 11) is 0. The van der Waals surface area contributed by atoms with E-state index in [1.54, 1.807) is 0 Å². The summed E-state index contributed by atoms with van der Waals surface area (Å²) in [5.41, 5.74) is 8.07. The van der Waals surface area contributed by atoms with E-state index in [1.807, 2.05) is 18.2 Å². The molecule has 21 heavy (non-hydrogen) atoms. The molecular formula is C16H21N3O2. The summed E-state index contributed by atoms with van der Waals surface area (Å²) >= 11 is 0. The zero-order chi connectivity index (χ0) is 14.4. The smallest absolute Gasteiger partial charge is 0.251 e. The fourth-order valence-corrected chi connectivity index (χ4v) is 3.57. The molecule has 0 aromatic heterocycles. The minimum Gasteiger partial charge on any atom is -0.492 e. The van der Waals surface area contributed by atoms with Crippen LogP contribution < -0.4 is 21.1 Å². The van der Waals surface area contributed by atoms with Crippen molar-refractivity contribution in [1.29, 1.82) is 0 Å². The number of carbonyl (C=O) groups excluding carboxylic acids is 1. The molecule has 1 amide bonds. The molecule has 112 valence electrons. The number of benzene rings is 1. The lowest BCUT2D eigenvalue weighted by molar-refractivity contribution is 0.0873. The first-order valence-electron chi connectivity index (χ1n) is 7.69. The number of amides is 1. The Morgan fingerprint density at radius 1 is 1.38 bits per heavy atom. The van der Waals surface area contributed by atoms with Crippen molar-refractivity contribution >= 4 is 5.91 Å². The summed E-state index contributed by atoms with van der Waals surface area (Å²) < 4.78 is 5.68. The Bertz CT molecular complexity index is 581. The zero-order valence-electron chi connectivity index (χ0n) is 12.0. The van der Waals surface area contributed by atoms with Gasteiger partial charge in [0.25, 0.3) is 5.91 Å². The second-order valence-corrected chi connectivity index (χ2v) is 6.60. The van der Waals surface area contributed by atoms with E-state index in [0.29, 0.717) is 23.6 Å². The van der Waals surface area contributed by atoms with Gasteiger partial charge in [0.15, 0.2) is 0 Å². The molecule has 1 spiro atoms. The Morgan fingerprint density at radius 3 is 2.95 bits per heavy atom. The van der Waals surface area contributed by atoms with Crippen LogP contribution in [-0.4, -0.2) is 31.1 Å². The van der Waals surface area contributed by atoms with E-state index >= 15 is 0 Å². The quantitative estimate of drug-likeness (QED) is 0.751. The van der Waals surface area contributed by atoms with Crippen molar-refractivity contribution in [2.24, 2.45) is 11.1 Å². The van der Waals surface area contributed by atoms with Crippen LogP contribution in [0, 0.1) is 5.41 Å². The summed E-state index contributed by atoms with van der Waals surface area (Å²) in [5, 5.41) is 6.39. The molecule has 1 aromatic rings. The second-order valence-electron chi connectivity index (χ2n) is 6.60. The normalized spacial score (nSPS) is 33.4. The van der Waals surface area contributed by atoms with E-state index < -0.39 is 0 Å². The van der Waals surface area contributed by atoms with Gasteiger partial charge in [-0.05, 0) is 36.8 Å². The first-order valence-corrected chi connectivity index (χ1v) is 7.69. The van der Waals surface area contributed by atoms with Crippen LogP contribution in [0.5, 0.6) is 5.75 Å². The van der Waals surface area contributed by atoms with Crippen LogP contribution in [0.3, 0.4) is 0 Å². The van der Waals surface area contributed by atoms with Gasteiger partial charge >= 0.3 is 0 Å². The molecule has 2 saturated carbocycles. The monoisotopic (exact) mass is 287 g/mol. The third kappa shape index (κ3) is 2.30. The summed E-state index contributed by atoms with van der Waals surface area (Å²) in [6.45, 7) is 2.27. The highest BCUT2D eigenvalue weighted by atomic mass is 16.5. The van der Waals surface area contributed by atoms with Crippen molar-refractivity contribution in [3.63, 3.8) is 0 Å². The lowest BCUT2D eigenvalue weighted by Gasteiger charge is -2.37. The predicted molar refractivity (Wildman–Crippen MR) is 79.2 cm³/mol. The number of hydrogen-bond donors (Lipinski definition) is 3. The molecule has 3 aliphatic rings. The van der Waals surface area contributed by atoms with Crippen molar-refractivity contribution in [1.82, 2.24) is 10.6 Å². The van der Waals surface area contributed by atoms with E-state index in [2.05, 4.69) is 10.6 Å². The Kier molecular flexibility index (Phi) is 2.94. The summed E-state index contributed by atoms with van der Waals surface area (Å²) in [6, 6.07) is 6.35. The lowest BCUT2D eigenvalue weighted by atomic mass is 9.76. The molecule has 5 heteroatoms. The fourth-order valence-electron chi connectivity index (χ4n) is 3.57. The number of hydrogen-bond acceptors (Lipinski definition) is 4. The molecule has 1 unspecified atom stereocenters. The Hall–Kier alpha value is -1.59. The standard InChI is InChI=1S/C16H21N3O2/c17-14-8-16(14)6-12(7-16)19-15(20)10-1-2-11-9-18-3-4-21-13(11)5-10/h1-2,5,12,14,18H,3-4,6-9,17H2,(H,19,20). The van der Waals surface area contributed by atoms with E-state index in [9.17, 15) is 4.79 Å². The van der Waals surface area contributed by atoms with Gasteiger partial charge < -0.3 is 21.1 Å². The van der Waals surface area contributed by atoms with Crippen molar-refractivity contribution in [2.75, 3.05) is 13.2 Å². The average Bonchev–Trinajstić information content (AvgIpc) is 3.15. The second kappa shape index (κ2) is 4.71. The maximum atomic E-state index is 12.3. The third-order valence-corrected chi connectivity index (χ3v) is 5.08. The largest absolute Gasteiger partial charge is 0.492 e. The van der Waals surface area contributed by atoms with E-state index in [-0.39, 0.29) is 11.9 Å². The first kappa shape index (κ1) is 13.1. The number of carbonyl (C=O) groups is 1. The number of ether oxygens (including phenoxy) is 1.